The molecule has 154 valence electrons. The molecule has 0 saturated carbocycles. The van der Waals surface area contributed by atoms with Gasteiger partial charge in [0.15, 0.2) is 23.3 Å². The highest BCUT2D eigenvalue weighted by atomic mass is 19.2. The average Bonchev–Trinajstić information content (AvgIpc) is 2.70. The molecule has 6 nitrogen and oxygen atoms in total. The van der Waals surface area contributed by atoms with Crippen molar-refractivity contribution in [2.45, 2.75) is 6.92 Å². The molecule has 0 amide bonds. The van der Waals surface area contributed by atoms with Gasteiger partial charge >= 0.3 is 5.97 Å². The maximum absolute atomic E-state index is 14.0. The number of aliphatic hydroxyl groups excluding tert-OH is 1. The van der Waals surface area contributed by atoms with Crippen molar-refractivity contribution in [1.29, 1.82) is 0 Å². The maximum atomic E-state index is 14.0. The van der Waals surface area contributed by atoms with Gasteiger partial charge in [0.25, 0.3) is 0 Å². The molecule has 2 aromatic carbocycles. The van der Waals surface area contributed by atoms with Crippen LogP contribution in [0.15, 0.2) is 34.8 Å². The van der Waals surface area contributed by atoms with Crippen LogP contribution in [0, 0.1) is 23.3 Å². The molecule has 0 atom stereocenters. The molecule has 0 aromatic heterocycles. The van der Waals surface area contributed by atoms with Gasteiger partial charge in [-0.05, 0) is 25.1 Å². The molecule has 0 spiro atoms. The van der Waals surface area contributed by atoms with E-state index in [9.17, 15) is 32.6 Å². The van der Waals surface area contributed by atoms with Crippen LogP contribution < -0.4 is 4.74 Å². The van der Waals surface area contributed by atoms with Gasteiger partial charge in [-0.15, -0.1) is 0 Å². The number of ether oxygens (including phenoxy) is 2. The summed E-state index contributed by atoms with van der Waals surface area (Å²) in [6.07, 6.45) is 0.695. The highest BCUT2D eigenvalue weighted by Gasteiger charge is 2.25. The lowest BCUT2D eigenvalue weighted by molar-refractivity contribution is -0.137. The predicted octanol–water partition coefficient (Wildman–Crippen LogP) is 4.19. The normalized spacial score (nSPS) is 12.1. The van der Waals surface area contributed by atoms with Crippen LogP contribution in [0.2, 0.25) is 0 Å². The van der Waals surface area contributed by atoms with Crippen molar-refractivity contribution in [3.63, 3.8) is 0 Å². The second-order valence-corrected chi connectivity index (χ2v) is 5.44. The van der Waals surface area contributed by atoms with Crippen LogP contribution in [-0.2, 0) is 9.53 Å². The zero-order valence-electron chi connectivity index (χ0n) is 15.2. The minimum absolute atomic E-state index is 0.101. The molecule has 2 N–H and O–H groups in total. The largest absolute Gasteiger partial charge is 0.506 e. The van der Waals surface area contributed by atoms with Gasteiger partial charge in [0.05, 0.1) is 19.3 Å². The van der Waals surface area contributed by atoms with Crippen LogP contribution in [0.25, 0.3) is 5.76 Å². The van der Waals surface area contributed by atoms with Gasteiger partial charge in [-0.3, -0.25) is 4.99 Å². The first-order valence-corrected chi connectivity index (χ1v) is 8.06. The molecule has 0 bridgehead atoms. The van der Waals surface area contributed by atoms with Gasteiger partial charge in [0.2, 0.25) is 0 Å². The Balaban J connectivity index is 2.64. The number of hydrogen-bond donors (Lipinski definition) is 2. The third kappa shape index (κ3) is 4.65. The summed E-state index contributed by atoms with van der Waals surface area (Å²) < 4.78 is 63.8. The number of nitrogens with zero attached hydrogens (tertiary/aromatic N) is 1. The Hall–Kier alpha value is -3.56. The topological polar surface area (TPSA) is 88.4 Å². The highest BCUT2D eigenvalue weighted by molar-refractivity contribution is 6.15. The first-order valence-electron chi connectivity index (χ1n) is 8.06. The number of phenols is 1. The van der Waals surface area contributed by atoms with Crippen LogP contribution in [0.1, 0.15) is 12.5 Å². The molecule has 0 aliphatic heterocycles. The number of methoxy groups -OCH3 is 1. The Morgan fingerprint density at radius 2 is 1.83 bits per heavy atom. The van der Waals surface area contributed by atoms with Crippen molar-refractivity contribution in [3.8, 4) is 11.5 Å². The fourth-order valence-corrected chi connectivity index (χ4v) is 2.18. The highest BCUT2D eigenvalue weighted by Crippen LogP contribution is 2.31. The number of halogens is 4. The third-order valence-electron chi connectivity index (χ3n) is 3.62. The summed E-state index contributed by atoms with van der Waals surface area (Å²) >= 11 is 0. The number of benzene rings is 2. The lowest BCUT2D eigenvalue weighted by Crippen LogP contribution is -2.12. The smallest absolute Gasteiger partial charge is 0.343 e. The van der Waals surface area contributed by atoms with Crippen LogP contribution in [0.3, 0.4) is 0 Å². The Bertz CT molecular complexity index is 1000. The first-order chi connectivity index (χ1) is 13.7. The van der Waals surface area contributed by atoms with Crippen LogP contribution >= 0.6 is 0 Å². The zero-order chi connectivity index (χ0) is 21.7. The van der Waals surface area contributed by atoms with E-state index in [2.05, 4.69) is 4.99 Å². The van der Waals surface area contributed by atoms with Crippen LogP contribution in [0.5, 0.6) is 11.5 Å². The van der Waals surface area contributed by atoms with Crippen molar-refractivity contribution < 1.29 is 42.0 Å². The minimum Gasteiger partial charge on any atom is -0.506 e. The Morgan fingerprint density at radius 3 is 2.45 bits per heavy atom. The van der Waals surface area contributed by atoms with Crippen molar-refractivity contribution in [1.82, 2.24) is 0 Å². The number of aliphatic imine (C=N–C) groups is 1. The third-order valence-corrected chi connectivity index (χ3v) is 3.62. The van der Waals surface area contributed by atoms with E-state index in [1.165, 1.54) is 32.2 Å². The van der Waals surface area contributed by atoms with Gasteiger partial charge < -0.3 is 19.7 Å². The van der Waals surface area contributed by atoms with E-state index in [-0.39, 0.29) is 24.1 Å². The summed E-state index contributed by atoms with van der Waals surface area (Å²) in [5, 5.41) is 20.1. The lowest BCUT2D eigenvalue weighted by Gasteiger charge is -2.09. The van der Waals surface area contributed by atoms with E-state index in [4.69, 9.17) is 9.47 Å². The van der Waals surface area contributed by atoms with Crippen molar-refractivity contribution in [2.75, 3.05) is 13.7 Å². The summed E-state index contributed by atoms with van der Waals surface area (Å²) in [5.74, 6) is -10.4. The number of hydrogen-bond acceptors (Lipinski definition) is 6. The molecule has 0 aliphatic carbocycles. The fourth-order valence-electron chi connectivity index (χ4n) is 2.18. The fraction of sp³-hybridized carbons (Fsp3) is 0.158. The number of phenolic OH excluding ortho intramolecular Hbond substituents is 1. The van der Waals surface area contributed by atoms with Crippen LogP contribution in [0.4, 0.5) is 23.2 Å². The minimum atomic E-state index is -2.17. The number of carbonyl (C=O) groups excluding carboxylic acids is 1. The number of esters is 1. The summed E-state index contributed by atoms with van der Waals surface area (Å²) in [4.78, 5) is 15.9. The molecule has 29 heavy (non-hydrogen) atoms. The van der Waals surface area contributed by atoms with E-state index in [1.807, 2.05) is 0 Å². The number of aromatic hydroxyl groups is 1. The quantitative estimate of drug-likeness (QED) is 0.141. The zero-order valence-corrected chi connectivity index (χ0v) is 15.2. The van der Waals surface area contributed by atoms with E-state index < -0.39 is 46.1 Å². The van der Waals surface area contributed by atoms with Crippen LogP contribution in [-0.4, -0.2) is 36.1 Å². The van der Waals surface area contributed by atoms with E-state index >= 15 is 0 Å². The van der Waals surface area contributed by atoms with Crippen molar-refractivity contribution in [2.24, 2.45) is 4.99 Å². The Labute approximate surface area is 162 Å². The SMILES string of the molecule is CCOC(=O)/C(C=Nc1cc(OC)ccc1O)=C(\O)c1cc(F)c(F)c(F)c1F. The van der Waals surface area contributed by atoms with Gasteiger partial charge in [-0.25, -0.2) is 22.4 Å². The van der Waals surface area contributed by atoms with Gasteiger partial charge in [0.1, 0.15) is 28.5 Å². The lowest BCUT2D eigenvalue weighted by atomic mass is 10.1. The Kier molecular flexibility index (Phi) is 6.81. The van der Waals surface area contributed by atoms with Gasteiger partial charge in [-0.1, -0.05) is 0 Å². The molecular formula is C19H15F4NO5. The number of carbonyl (C=O) groups is 1. The van der Waals surface area contributed by atoms with Crippen molar-refractivity contribution in [3.05, 3.63) is 58.7 Å². The molecule has 0 unspecified atom stereocenters. The van der Waals surface area contributed by atoms with Gasteiger partial charge in [0, 0.05) is 12.3 Å². The monoisotopic (exact) mass is 413 g/mol. The molecule has 0 aliphatic rings. The number of rotatable bonds is 6. The molecule has 0 heterocycles. The first kappa shape index (κ1) is 21.7. The number of aliphatic hydroxyl groups is 1. The summed E-state index contributed by atoms with van der Waals surface area (Å²) in [5.41, 5.74) is -2.01. The predicted molar refractivity (Wildman–Crippen MR) is 95.3 cm³/mol. The summed E-state index contributed by atoms with van der Waals surface area (Å²) in [6, 6.07) is 4.12. The molecular weight excluding hydrogens is 398 g/mol. The molecule has 0 fully saturated rings. The molecule has 2 aromatic rings. The van der Waals surface area contributed by atoms with E-state index in [0.29, 0.717) is 12.0 Å². The van der Waals surface area contributed by atoms with E-state index in [1.54, 1.807) is 0 Å². The summed E-state index contributed by atoms with van der Waals surface area (Å²) in [6.45, 7) is 1.29. The second kappa shape index (κ2) is 9.09. The standard InChI is InChI=1S/C19H15F4NO5/c1-3-29-19(27)11(8-24-13-6-9(28-2)4-5-14(13)25)18(26)10-7-12(20)16(22)17(23)15(10)21/h4-8,25-26H,3H2,1-2H3/b18-11-,24-8?. The molecule has 0 saturated heterocycles. The molecule has 10 heteroatoms. The van der Waals surface area contributed by atoms with Crippen molar-refractivity contribution >= 4 is 23.6 Å². The average molecular weight is 413 g/mol. The molecule has 2 rings (SSSR count). The van der Waals surface area contributed by atoms with Gasteiger partial charge in [-0.2, -0.15) is 0 Å². The summed E-state index contributed by atoms with van der Waals surface area (Å²) in [7, 11) is 1.36. The second-order valence-electron chi connectivity index (χ2n) is 5.44. The van der Waals surface area contributed by atoms with E-state index in [0.717, 1.165) is 0 Å². The molecule has 0 radical (unpaired) electrons. The maximum Gasteiger partial charge on any atom is 0.343 e. The Morgan fingerprint density at radius 1 is 1.14 bits per heavy atom.